The van der Waals surface area contributed by atoms with Crippen molar-refractivity contribution in [1.29, 1.82) is 0 Å². The van der Waals surface area contributed by atoms with E-state index in [0.717, 1.165) is 0 Å². The van der Waals surface area contributed by atoms with Crippen molar-refractivity contribution in [1.82, 2.24) is 9.97 Å². The molecule has 2 aromatic rings. The maximum atomic E-state index is 12.1. The number of fused-ring (bicyclic) bond motifs is 1. The van der Waals surface area contributed by atoms with E-state index in [1.165, 1.54) is 33.5 Å². The zero-order chi connectivity index (χ0) is 19.7. The average molecular weight is 373 g/mol. The molecule has 10 nitrogen and oxygen atoms in total. The predicted octanol–water partition coefficient (Wildman–Crippen LogP) is -1.24. The number of H-pyrrole nitrogens is 2. The van der Waals surface area contributed by atoms with Gasteiger partial charge in [-0.15, -0.1) is 0 Å². The Labute approximate surface area is 151 Å². The Morgan fingerprint density at radius 2 is 1.85 bits per heavy atom. The molecule has 2 heterocycles. The summed E-state index contributed by atoms with van der Waals surface area (Å²) < 4.78 is 15.3. The zero-order valence-corrected chi connectivity index (χ0v) is 14.6. The molecule has 0 fully saturated rings. The van der Waals surface area contributed by atoms with Gasteiger partial charge in [0.15, 0.2) is 0 Å². The van der Waals surface area contributed by atoms with E-state index in [4.69, 9.17) is 9.47 Å². The Kier molecular flexibility index (Phi) is 4.55. The predicted molar refractivity (Wildman–Crippen MR) is 93.2 cm³/mol. The van der Waals surface area contributed by atoms with Crippen LogP contribution in [0, 0.1) is 0 Å². The standard InChI is InChI=1S/C17H15N3O7/c1-25-11-6-12(26-2)8-5-10(16(23)27-3)18-13(8)7(11)4-9-14(21)19-17(24)20-15(9)22/h4-6H,1-3H3,(H3,19,20,21,22,24)/b7-4+. The molecule has 3 N–H and O–H groups in total. The van der Waals surface area contributed by atoms with E-state index in [2.05, 4.69) is 14.7 Å². The lowest BCUT2D eigenvalue weighted by Crippen LogP contribution is -2.31. The van der Waals surface area contributed by atoms with Crippen LogP contribution in [0.3, 0.4) is 0 Å². The number of aromatic hydroxyl groups is 1. The summed E-state index contributed by atoms with van der Waals surface area (Å²) in [5.74, 6) is -0.599. The van der Waals surface area contributed by atoms with Crippen molar-refractivity contribution in [3.05, 3.63) is 54.3 Å². The number of esters is 1. The van der Waals surface area contributed by atoms with Crippen LogP contribution in [0.15, 0.2) is 26.3 Å². The molecular formula is C17H15N3O7. The number of carbonyl (C=O) groups excluding carboxylic acids is 1. The van der Waals surface area contributed by atoms with E-state index in [1.807, 2.05) is 4.98 Å². The average Bonchev–Trinajstić information content (AvgIpc) is 3.08. The van der Waals surface area contributed by atoms with Crippen LogP contribution in [0.1, 0.15) is 11.1 Å². The van der Waals surface area contributed by atoms with Gasteiger partial charge in [0, 0.05) is 16.8 Å². The van der Waals surface area contributed by atoms with E-state index >= 15 is 0 Å². The number of methoxy groups -OCH3 is 3. The molecule has 0 spiro atoms. The molecule has 3 rings (SSSR count). The molecule has 1 aromatic carbocycles. The molecule has 1 aromatic heterocycles. The number of aromatic amines is 2. The summed E-state index contributed by atoms with van der Waals surface area (Å²) in [6, 6.07) is 1.55. The molecule has 10 heteroatoms. The minimum atomic E-state index is -0.846. The summed E-state index contributed by atoms with van der Waals surface area (Å²) in [4.78, 5) is 43.5. The van der Waals surface area contributed by atoms with E-state index < -0.39 is 23.1 Å². The normalized spacial score (nSPS) is 12.9. The van der Waals surface area contributed by atoms with E-state index in [-0.39, 0.29) is 22.4 Å². The lowest BCUT2D eigenvalue weighted by Gasteiger charge is -2.08. The molecule has 0 atom stereocenters. The number of aromatic nitrogens is 2. The number of nitrogens with one attached hydrogen (secondary N) is 2. The Morgan fingerprint density at radius 3 is 2.44 bits per heavy atom. The molecule has 27 heavy (non-hydrogen) atoms. The van der Waals surface area contributed by atoms with Crippen LogP contribution < -0.4 is 31.3 Å². The Hall–Kier alpha value is -3.82. The molecule has 0 saturated heterocycles. The van der Waals surface area contributed by atoms with Crippen molar-refractivity contribution in [3.8, 4) is 17.4 Å². The topological polar surface area (TPSA) is 143 Å². The smallest absolute Gasteiger partial charge is 0.356 e. The van der Waals surface area contributed by atoms with Crippen molar-refractivity contribution in [2.75, 3.05) is 21.3 Å². The van der Waals surface area contributed by atoms with Gasteiger partial charge in [-0.1, -0.05) is 0 Å². The first-order valence-corrected chi connectivity index (χ1v) is 7.60. The van der Waals surface area contributed by atoms with Crippen LogP contribution in [0.5, 0.6) is 17.4 Å². The quantitative estimate of drug-likeness (QED) is 0.569. The molecule has 0 bridgehead atoms. The molecule has 1 aliphatic rings. The maximum absolute atomic E-state index is 12.1. The first kappa shape index (κ1) is 18.0. The van der Waals surface area contributed by atoms with Crippen LogP contribution in [0.25, 0.3) is 12.2 Å². The van der Waals surface area contributed by atoms with Gasteiger partial charge in [-0.25, -0.2) is 14.6 Å². The third-order valence-electron chi connectivity index (χ3n) is 3.90. The van der Waals surface area contributed by atoms with Crippen LogP contribution >= 0.6 is 0 Å². The number of carbonyl (C=O) groups is 1. The van der Waals surface area contributed by atoms with Gasteiger partial charge in [0.05, 0.1) is 26.7 Å². The number of hydrogen-bond acceptors (Lipinski definition) is 8. The second-order valence-corrected chi connectivity index (χ2v) is 5.40. The van der Waals surface area contributed by atoms with Crippen molar-refractivity contribution >= 4 is 18.1 Å². The van der Waals surface area contributed by atoms with Crippen LogP contribution in [0.2, 0.25) is 0 Å². The fourth-order valence-electron chi connectivity index (χ4n) is 2.65. The molecule has 0 radical (unpaired) electrons. The summed E-state index contributed by atoms with van der Waals surface area (Å²) >= 11 is 0. The Morgan fingerprint density at radius 1 is 1.15 bits per heavy atom. The maximum Gasteiger partial charge on any atom is 0.356 e. The fraction of sp³-hybridized carbons (Fsp3) is 0.176. The first-order chi connectivity index (χ1) is 12.9. The molecule has 0 saturated carbocycles. The minimum Gasteiger partial charge on any atom is -0.496 e. The van der Waals surface area contributed by atoms with Gasteiger partial charge in [0.25, 0.3) is 5.56 Å². The van der Waals surface area contributed by atoms with Gasteiger partial charge in [0.1, 0.15) is 22.8 Å². The van der Waals surface area contributed by atoms with Gasteiger partial charge in [-0.3, -0.25) is 14.8 Å². The van der Waals surface area contributed by atoms with E-state index in [1.54, 1.807) is 6.07 Å². The Balaban J connectivity index is 2.41. The van der Waals surface area contributed by atoms with Crippen molar-refractivity contribution in [2.45, 2.75) is 0 Å². The molecule has 1 aliphatic heterocycles. The fourth-order valence-corrected chi connectivity index (χ4v) is 2.65. The van der Waals surface area contributed by atoms with Crippen LogP contribution in [-0.4, -0.2) is 42.4 Å². The van der Waals surface area contributed by atoms with Crippen LogP contribution in [-0.2, 0) is 9.53 Å². The Bertz CT molecular complexity index is 1200. The highest BCUT2D eigenvalue weighted by Gasteiger charge is 2.21. The van der Waals surface area contributed by atoms with Crippen molar-refractivity contribution in [2.24, 2.45) is 4.99 Å². The first-order valence-electron chi connectivity index (χ1n) is 7.60. The molecule has 0 aliphatic carbocycles. The highest BCUT2D eigenvalue weighted by molar-refractivity contribution is 5.95. The lowest BCUT2D eigenvalue weighted by atomic mass is 10.1. The summed E-state index contributed by atoms with van der Waals surface area (Å²) in [5, 5.41) is 10.5. The zero-order valence-electron chi connectivity index (χ0n) is 14.6. The summed E-state index contributed by atoms with van der Waals surface area (Å²) in [6.45, 7) is 0. The SMILES string of the molecule is COC(=O)C1=Cc2c(OC)cc(OC)/c(=C\c3c(O)[nH]c(=O)[nH]c3=O)c2=N1. The van der Waals surface area contributed by atoms with Crippen LogP contribution in [0.4, 0.5) is 0 Å². The lowest BCUT2D eigenvalue weighted by molar-refractivity contribution is -0.136. The molecule has 140 valence electrons. The number of hydrogen-bond donors (Lipinski definition) is 3. The van der Waals surface area contributed by atoms with E-state index in [0.29, 0.717) is 16.5 Å². The minimum absolute atomic E-state index is 0.0355. The second-order valence-electron chi connectivity index (χ2n) is 5.40. The monoisotopic (exact) mass is 373 g/mol. The van der Waals surface area contributed by atoms with Crippen molar-refractivity contribution < 1.29 is 24.1 Å². The highest BCUT2D eigenvalue weighted by Crippen LogP contribution is 2.24. The van der Waals surface area contributed by atoms with Gasteiger partial charge in [-0.05, 0) is 12.2 Å². The van der Waals surface area contributed by atoms with Gasteiger partial charge in [-0.2, -0.15) is 0 Å². The third kappa shape index (κ3) is 3.08. The largest absolute Gasteiger partial charge is 0.496 e. The second kappa shape index (κ2) is 6.83. The van der Waals surface area contributed by atoms with Gasteiger partial charge in [0.2, 0.25) is 5.88 Å². The third-order valence-corrected chi connectivity index (χ3v) is 3.90. The highest BCUT2D eigenvalue weighted by atomic mass is 16.5. The van der Waals surface area contributed by atoms with Crippen molar-refractivity contribution in [3.63, 3.8) is 0 Å². The summed E-state index contributed by atoms with van der Waals surface area (Å²) in [7, 11) is 4.07. The molecular weight excluding hydrogens is 358 g/mol. The van der Waals surface area contributed by atoms with E-state index in [9.17, 15) is 19.5 Å². The number of ether oxygens (including phenoxy) is 3. The van der Waals surface area contributed by atoms with Gasteiger partial charge >= 0.3 is 11.7 Å². The van der Waals surface area contributed by atoms with Gasteiger partial charge < -0.3 is 19.3 Å². The summed E-state index contributed by atoms with van der Waals surface area (Å²) in [5.41, 5.74) is -1.34. The number of nitrogens with zero attached hydrogens (tertiary/aromatic N) is 1. The molecule has 0 amide bonds. The molecule has 0 unspecified atom stereocenters. The number of rotatable bonds is 4. The summed E-state index contributed by atoms with van der Waals surface area (Å²) in [6.07, 6.45) is 2.77. The number of benzene rings is 1.